The summed E-state index contributed by atoms with van der Waals surface area (Å²) in [5, 5.41) is 0. The van der Waals surface area contributed by atoms with Crippen LogP contribution in [0.3, 0.4) is 0 Å². The van der Waals surface area contributed by atoms with Crippen LogP contribution in [0.2, 0.25) is 0 Å². The van der Waals surface area contributed by atoms with E-state index in [2.05, 4.69) is 65.6 Å². The first-order chi connectivity index (χ1) is 24.1. The van der Waals surface area contributed by atoms with E-state index in [-0.39, 0.29) is 11.8 Å². The highest BCUT2D eigenvalue weighted by Crippen LogP contribution is 2.23. The van der Waals surface area contributed by atoms with Crippen molar-refractivity contribution in [3.05, 3.63) is 168 Å². The Hall–Kier alpha value is -5.46. The first-order valence-electron chi connectivity index (χ1n) is 16.9. The molecule has 1 heterocycles. The zero-order valence-corrected chi connectivity index (χ0v) is 28.0. The Balaban J connectivity index is 1.27. The fourth-order valence-corrected chi connectivity index (χ4v) is 6.30. The molecule has 1 atom stereocenters. The van der Waals surface area contributed by atoms with Crippen LogP contribution < -0.4 is 4.74 Å². The third-order valence-electron chi connectivity index (χ3n) is 9.10. The van der Waals surface area contributed by atoms with Crippen molar-refractivity contribution in [1.82, 2.24) is 14.7 Å². The zero-order valence-electron chi connectivity index (χ0n) is 28.0. The van der Waals surface area contributed by atoms with E-state index in [4.69, 9.17) is 4.74 Å². The number of amides is 2. The number of rotatable bonds is 12. The molecule has 0 N–H and O–H groups in total. The standard InChI is InChI=1S/C43H43N3O3/c1-49-40-24-19-34(20-25-40)21-26-42(47)46(33-37-17-22-39(23-18-37)38-15-9-4-10-16-38)41(31-35-11-5-2-6-12-35)43(48)45-29-27-44(28-30-45)32-36-13-7-3-8-14-36/h2-26,41H,27-33H2,1H3/b26-21+/t41-/m0/s1. The van der Waals surface area contributed by atoms with Crippen molar-refractivity contribution >= 4 is 17.9 Å². The van der Waals surface area contributed by atoms with Crippen LogP contribution in [0, 0.1) is 0 Å². The number of hydrogen-bond donors (Lipinski definition) is 0. The summed E-state index contributed by atoms with van der Waals surface area (Å²) >= 11 is 0. The minimum Gasteiger partial charge on any atom is -0.497 e. The van der Waals surface area contributed by atoms with Gasteiger partial charge in [0, 0.05) is 51.8 Å². The van der Waals surface area contributed by atoms with E-state index >= 15 is 0 Å². The van der Waals surface area contributed by atoms with Crippen molar-refractivity contribution in [3.63, 3.8) is 0 Å². The van der Waals surface area contributed by atoms with Gasteiger partial charge in [-0.1, -0.05) is 127 Å². The second-order valence-corrected chi connectivity index (χ2v) is 12.4. The molecule has 5 aromatic carbocycles. The van der Waals surface area contributed by atoms with Gasteiger partial charge in [-0.25, -0.2) is 0 Å². The van der Waals surface area contributed by atoms with Gasteiger partial charge in [0.15, 0.2) is 0 Å². The van der Waals surface area contributed by atoms with E-state index in [1.165, 1.54) is 5.56 Å². The van der Waals surface area contributed by atoms with Crippen LogP contribution in [0.4, 0.5) is 0 Å². The summed E-state index contributed by atoms with van der Waals surface area (Å²) < 4.78 is 5.30. The van der Waals surface area contributed by atoms with E-state index in [0.717, 1.165) is 53.2 Å². The molecule has 6 nitrogen and oxygen atoms in total. The monoisotopic (exact) mass is 649 g/mol. The van der Waals surface area contributed by atoms with Gasteiger partial charge < -0.3 is 14.5 Å². The molecule has 0 aromatic heterocycles. The van der Waals surface area contributed by atoms with Crippen molar-refractivity contribution in [2.45, 2.75) is 25.6 Å². The smallest absolute Gasteiger partial charge is 0.247 e. The van der Waals surface area contributed by atoms with E-state index in [1.54, 1.807) is 24.2 Å². The summed E-state index contributed by atoms with van der Waals surface area (Å²) in [4.78, 5) is 34.9. The number of nitrogens with zero attached hydrogens (tertiary/aromatic N) is 3. The zero-order chi connectivity index (χ0) is 33.8. The topological polar surface area (TPSA) is 53.1 Å². The predicted molar refractivity (Wildman–Crippen MR) is 197 cm³/mol. The van der Waals surface area contributed by atoms with Gasteiger partial charge >= 0.3 is 0 Å². The fraction of sp³-hybridized carbons (Fsp3) is 0.209. The second kappa shape index (κ2) is 16.6. The normalized spacial score (nSPS) is 14.0. The molecule has 0 unspecified atom stereocenters. The summed E-state index contributed by atoms with van der Waals surface area (Å²) in [6, 6.07) is 45.9. The lowest BCUT2D eigenvalue weighted by atomic mass is 10.0. The van der Waals surface area contributed by atoms with Crippen LogP contribution in [0.15, 0.2) is 146 Å². The molecule has 248 valence electrons. The maximum absolute atomic E-state index is 14.6. The minimum atomic E-state index is -0.676. The molecule has 5 aromatic rings. The van der Waals surface area contributed by atoms with E-state index in [9.17, 15) is 9.59 Å². The SMILES string of the molecule is COc1ccc(/C=C/C(=O)N(Cc2ccc(-c3ccccc3)cc2)[C@@H](Cc2ccccc2)C(=O)N2CCN(Cc3ccccc3)CC2)cc1. The molecule has 6 rings (SSSR count). The predicted octanol–water partition coefficient (Wildman–Crippen LogP) is 7.36. The number of ether oxygens (including phenoxy) is 1. The lowest BCUT2D eigenvalue weighted by Crippen LogP contribution is -2.56. The molecule has 0 aliphatic carbocycles. The Labute approximate surface area is 289 Å². The summed E-state index contributed by atoms with van der Waals surface area (Å²) in [6.07, 6.45) is 3.82. The van der Waals surface area contributed by atoms with E-state index < -0.39 is 6.04 Å². The van der Waals surface area contributed by atoms with Gasteiger partial charge in [-0.15, -0.1) is 0 Å². The molecular weight excluding hydrogens is 606 g/mol. The number of methoxy groups -OCH3 is 1. The number of carbonyl (C=O) groups excluding carboxylic acids is 2. The summed E-state index contributed by atoms with van der Waals surface area (Å²) in [6.45, 7) is 3.96. The quantitative estimate of drug-likeness (QED) is 0.133. The Morgan fingerprint density at radius 3 is 1.86 bits per heavy atom. The highest BCUT2D eigenvalue weighted by atomic mass is 16.5. The van der Waals surface area contributed by atoms with Gasteiger partial charge in [-0.05, 0) is 51.6 Å². The molecule has 0 radical (unpaired) electrons. The van der Waals surface area contributed by atoms with Gasteiger partial charge in [-0.2, -0.15) is 0 Å². The molecule has 1 aliphatic rings. The third-order valence-corrected chi connectivity index (χ3v) is 9.10. The molecule has 6 heteroatoms. The van der Waals surface area contributed by atoms with Crippen LogP contribution in [0.25, 0.3) is 17.2 Å². The first-order valence-corrected chi connectivity index (χ1v) is 16.9. The van der Waals surface area contributed by atoms with Crippen molar-refractivity contribution < 1.29 is 14.3 Å². The highest BCUT2D eigenvalue weighted by molar-refractivity contribution is 5.96. The van der Waals surface area contributed by atoms with Gasteiger partial charge in [0.05, 0.1) is 7.11 Å². The van der Waals surface area contributed by atoms with Gasteiger partial charge in [-0.3, -0.25) is 14.5 Å². The van der Waals surface area contributed by atoms with Crippen LogP contribution >= 0.6 is 0 Å². The molecule has 49 heavy (non-hydrogen) atoms. The van der Waals surface area contributed by atoms with E-state index in [0.29, 0.717) is 26.1 Å². The molecule has 0 spiro atoms. The number of hydrogen-bond acceptors (Lipinski definition) is 4. The van der Waals surface area contributed by atoms with Crippen molar-refractivity contribution in [1.29, 1.82) is 0 Å². The van der Waals surface area contributed by atoms with Crippen LogP contribution in [-0.4, -0.2) is 65.8 Å². The number of carbonyl (C=O) groups is 2. The van der Waals surface area contributed by atoms with Gasteiger partial charge in [0.1, 0.15) is 11.8 Å². The fourth-order valence-electron chi connectivity index (χ4n) is 6.30. The molecular formula is C43H43N3O3. The van der Waals surface area contributed by atoms with Crippen molar-refractivity contribution in [2.24, 2.45) is 0 Å². The molecule has 1 fully saturated rings. The average molecular weight is 650 g/mol. The minimum absolute atomic E-state index is 0.0182. The Kier molecular flexibility index (Phi) is 11.3. The van der Waals surface area contributed by atoms with Crippen LogP contribution in [-0.2, 0) is 29.1 Å². The summed E-state index contributed by atoms with van der Waals surface area (Å²) in [5.41, 5.74) is 6.36. The lowest BCUT2D eigenvalue weighted by Gasteiger charge is -2.39. The number of benzene rings is 5. The summed E-state index contributed by atoms with van der Waals surface area (Å²) in [5.74, 6) is 0.525. The van der Waals surface area contributed by atoms with Crippen molar-refractivity contribution in [2.75, 3.05) is 33.3 Å². The second-order valence-electron chi connectivity index (χ2n) is 12.4. The van der Waals surface area contributed by atoms with Gasteiger partial charge in [0.25, 0.3) is 0 Å². The maximum Gasteiger partial charge on any atom is 0.247 e. The highest BCUT2D eigenvalue weighted by Gasteiger charge is 2.34. The molecule has 1 aliphatic heterocycles. The first kappa shape index (κ1) is 33.4. The molecule has 2 amide bonds. The van der Waals surface area contributed by atoms with E-state index in [1.807, 2.05) is 83.8 Å². The van der Waals surface area contributed by atoms with Crippen molar-refractivity contribution in [3.8, 4) is 16.9 Å². The Bertz CT molecular complexity index is 1800. The lowest BCUT2D eigenvalue weighted by molar-refractivity contribution is -0.145. The molecule has 0 bridgehead atoms. The largest absolute Gasteiger partial charge is 0.497 e. The maximum atomic E-state index is 14.6. The average Bonchev–Trinajstić information content (AvgIpc) is 3.17. The van der Waals surface area contributed by atoms with Crippen LogP contribution in [0.5, 0.6) is 5.75 Å². The molecule has 0 saturated carbocycles. The molecule has 1 saturated heterocycles. The third kappa shape index (κ3) is 9.12. The summed E-state index contributed by atoms with van der Waals surface area (Å²) in [7, 11) is 1.63. The van der Waals surface area contributed by atoms with Gasteiger partial charge in [0.2, 0.25) is 11.8 Å². The number of piperazine rings is 1. The Morgan fingerprint density at radius 2 is 1.24 bits per heavy atom. The Morgan fingerprint density at radius 1 is 0.673 bits per heavy atom. The van der Waals surface area contributed by atoms with Crippen LogP contribution in [0.1, 0.15) is 22.3 Å².